The number of aromatic hydroxyl groups is 1. The van der Waals surface area contributed by atoms with Gasteiger partial charge in [-0.25, -0.2) is 4.79 Å². The van der Waals surface area contributed by atoms with Crippen LogP contribution in [-0.2, 0) is 80.0 Å². The zero-order chi connectivity index (χ0) is 83.6. The maximum absolute atomic E-state index is 14.8. The summed E-state index contributed by atoms with van der Waals surface area (Å²) in [5, 5.41) is 55.8. The molecule has 12 atom stereocenters. The van der Waals surface area contributed by atoms with Crippen molar-refractivity contribution in [1.82, 2.24) is 58.1 Å². The lowest BCUT2D eigenvalue weighted by Gasteiger charge is -2.31. The van der Waals surface area contributed by atoms with E-state index in [0.29, 0.717) is 37.8 Å². The molecule has 0 radical (unpaired) electrons. The van der Waals surface area contributed by atoms with Gasteiger partial charge in [-0.1, -0.05) is 62.7 Å². The predicted octanol–water partition coefficient (Wildman–Crippen LogP) is -8.36. The molecular weight excluding hydrogens is 1460 g/mol. The minimum Gasteiger partial charge on any atom is -0.508 e. The molecule has 2 aromatic carbocycles. The number of aliphatic hydroxyl groups is 1. The zero-order valence-corrected chi connectivity index (χ0v) is 63.3. The smallest absolute Gasteiger partial charge is 0.326 e. The second-order valence-corrected chi connectivity index (χ2v) is 27.2. The number of amides is 13. The van der Waals surface area contributed by atoms with Crippen molar-refractivity contribution < 1.29 is 82.4 Å². The summed E-state index contributed by atoms with van der Waals surface area (Å²) in [6.45, 7) is 2.26. The summed E-state index contributed by atoms with van der Waals surface area (Å²) in [5.41, 5.74) is 63.0. The number of carbonyl (C=O) groups is 14. The fourth-order valence-electron chi connectivity index (χ4n) is 11.7. The van der Waals surface area contributed by atoms with Crippen LogP contribution in [0.3, 0.4) is 0 Å². The molecule has 1 heterocycles. The molecule has 13 amide bonds. The van der Waals surface area contributed by atoms with Crippen LogP contribution in [0.2, 0.25) is 0 Å². The van der Waals surface area contributed by atoms with Crippen molar-refractivity contribution in [3.63, 3.8) is 0 Å². The molecule has 42 heteroatoms. The SMILES string of the molecule is CC(C)[C@H](NC(=O)[C@@H](CC(N)=O)NC(=O)[C@@H](CO)NC(=O)[C@@H](Cc1ccc(O)cc1)NC(=O)[C@@H](CCCN=C(N)N)NC(=O)[C@@H](CCCN=C(N)N)NC(=O)[C@@H](CCC(N)=O)NC(=O)[C@@H]1CCCN1C(=O)[C@@H](CCCN=C(N)N)NC(=O)[C@@H](CCCCN)NC(=O)[C@H](N)CCCCN)C(=O)N[C@@H](Cc1ccccc1)C(=O)O. The number of rotatable bonds is 53. The summed E-state index contributed by atoms with van der Waals surface area (Å²) < 4.78 is 0. The zero-order valence-electron chi connectivity index (χ0n) is 63.3. The van der Waals surface area contributed by atoms with Crippen LogP contribution in [0.1, 0.15) is 134 Å². The first-order valence-corrected chi connectivity index (χ1v) is 37.0. The number of unbranched alkanes of at least 4 members (excludes halogenated alkanes) is 2. The highest BCUT2D eigenvalue weighted by atomic mass is 16.4. The number of carboxylic acids is 1. The first-order valence-electron chi connectivity index (χ1n) is 37.0. The number of benzene rings is 2. The Kier molecular flexibility index (Phi) is 42.5. The van der Waals surface area contributed by atoms with E-state index in [1.807, 2.05) is 0 Å². The Morgan fingerprint density at radius 1 is 0.455 bits per heavy atom. The molecule has 3 rings (SSSR count). The highest BCUT2D eigenvalue weighted by molar-refractivity contribution is 6.00. The van der Waals surface area contributed by atoms with E-state index in [0.717, 1.165) is 0 Å². The molecule has 2 aromatic rings. The van der Waals surface area contributed by atoms with Gasteiger partial charge in [-0.05, 0) is 132 Å². The number of nitrogens with one attached hydrogen (secondary N) is 10. The van der Waals surface area contributed by atoms with Crippen LogP contribution < -0.4 is 116 Å². The Morgan fingerprint density at radius 2 is 0.866 bits per heavy atom. The van der Waals surface area contributed by atoms with Gasteiger partial charge in [0.05, 0.1) is 19.1 Å². The van der Waals surface area contributed by atoms with Crippen molar-refractivity contribution >= 4 is 101 Å². The number of phenolic OH excluding ortho intramolecular Hbond substituents is 1. The van der Waals surface area contributed by atoms with Gasteiger partial charge < -0.3 is 136 Å². The molecule has 622 valence electrons. The molecule has 35 N–H and O–H groups in total. The van der Waals surface area contributed by atoms with E-state index in [1.54, 1.807) is 30.3 Å². The van der Waals surface area contributed by atoms with Crippen molar-refractivity contribution in [2.45, 2.75) is 208 Å². The highest BCUT2D eigenvalue weighted by Gasteiger charge is 2.41. The Hall–Kier alpha value is -11.5. The molecular formula is C70H115N25O17. The molecule has 0 bridgehead atoms. The number of nitrogens with zero attached hydrogens (tertiary/aromatic N) is 4. The number of nitrogens with two attached hydrogens (primary N) is 11. The third-order valence-corrected chi connectivity index (χ3v) is 17.8. The number of phenols is 1. The largest absolute Gasteiger partial charge is 0.508 e. The van der Waals surface area contributed by atoms with Crippen LogP contribution in [-0.4, -0.2) is 239 Å². The van der Waals surface area contributed by atoms with Gasteiger partial charge in [-0.15, -0.1) is 0 Å². The molecule has 1 fully saturated rings. The van der Waals surface area contributed by atoms with Gasteiger partial charge in [0.15, 0.2) is 17.9 Å². The summed E-state index contributed by atoms with van der Waals surface area (Å²) in [6.07, 6.45) is -0.332. The average Bonchev–Trinajstić information content (AvgIpc) is 1.64. The predicted molar refractivity (Wildman–Crippen MR) is 411 cm³/mol. The van der Waals surface area contributed by atoms with Crippen molar-refractivity contribution in [3.05, 3.63) is 65.7 Å². The minimum atomic E-state index is -1.98. The van der Waals surface area contributed by atoms with Crippen LogP contribution in [0.15, 0.2) is 69.6 Å². The Labute approximate surface area is 648 Å². The molecule has 1 aliphatic rings. The fraction of sp³-hybridized carbons (Fsp3) is 0.586. The van der Waals surface area contributed by atoms with Crippen molar-refractivity contribution in [1.29, 1.82) is 0 Å². The molecule has 1 saturated heterocycles. The summed E-state index contributed by atoms with van der Waals surface area (Å²) in [7, 11) is 0. The van der Waals surface area contributed by atoms with E-state index in [9.17, 15) is 82.4 Å². The third-order valence-electron chi connectivity index (χ3n) is 17.8. The topological polar surface area (TPSA) is 747 Å². The standard InChI is InChI=1S/C70H115N25O17/c1-38(2)55(65(109)92-50(67(111)112)35-39-14-4-3-5-15-39)94-62(106)49(36-54(75)99)91-63(107)51(37-96)93-61(105)48(34-40-22-24-41(97)25-23-40)90-59(103)45(19-11-31-83-69(78)79)86-57(101)44(18-10-30-82-68(76)77)87-60(104)46(26-27-53(74)98)88-64(108)52-21-13-33-95(52)66(110)47(20-12-32-84-70(80)81)89-58(102)43(17-7-9-29-72)85-56(100)42(73)16-6-8-28-71/h3-5,14-15,22-25,38,42-52,55,96-97H,6-13,16-21,26-37,71-73H2,1-2H3,(H2,74,98)(H2,75,99)(H,85,100)(H,86,101)(H,87,104)(H,88,108)(H,89,102)(H,90,103)(H,91,107)(H,92,109)(H,93,105)(H,94,106)(H,111,112)(H4,76,77,82)(H4,78,79,83)(H4,80,81,84)/t42-,43-,44-,45-,46-,47-,48-,49-,50+,51-,52+,55+/m1/s1. The molecule has 0 aromatic heterocycles. The summed E-state index contributed by atoms with van der Waals surface area (Å²) >= 11 is 0. The van der Waals surface area contributed by atoms with E-state index in [1.165, 1.54) is 43.0 Å². The van der Waals surface area contributed by atoms with Crippen LogP contribution in [0.5, 0.6) is 5.75 Å². The molecule has 112 heavy (non-hydrogen) atoms. The van der Waals surface area contributed by atoms with Crippen LogP contribution in [0.4, 0.5) is 0 Å². The van der Waals surface area contributed by atoms with Crippen LogP contribution in [0.25, 0.3) is 0 Å². The second-order valence-electron chi connectivity index (χ2n) is 27.2. The number of hydrogen-bond donors (Lipinski definition) is 24. The van der Waals surface area contributed by atoms with E-state index >= 15 is 0 Å². The summed E-state index contributed by atoms with van der Waals surface area (Å²) in [5.74, 6) is -16.1. The molecule has 1 aliphatic heterocycles. The number of carboxylic acid groups (broad SMARTS) is 1. The van der Waals surface area contributed by atoms with Gasteiger partial charge in [0, 0.05) is 45.4 Å². The number of carbonyl (C=O) groups excluding carboxylic acids is 13. The maximum Gasteiger partial charge on any atom is 0.326 e. The minimum absolute atomic E-state index is 0.0193. The quantitative estimate of drug-likeness (QED) is 0.0166. The number of likely N-dealkylation sites (tertiary alicyclic amines) is 1. The lowest BCUT2D eigenvalue weighted by molar-refractivity contribution is -0.143. The molecule has 0 aliphatic carbocycles. The van der Waals surface area contributed by atoms with Crippen LogP contribution >= 0.6 is 0 Å². The first-order chi connectivity index (χ1) is 53.1. The molecule has 0 spiro atoms. The number of aliphatic hydroxyl groups excluding tert-OH is 1. The van der Waals surface area contributed by atoms with Gasteiger partial charge in [-0.2, -0.15) is 0 Å². The second kappa shape index (κ2) is 50.3. The van der Waals surface area contributed by atoms with Gasteiger partial charge in [0.1, 0.15) is 72.2 Å². The van der Waals surface area contributed by atoms with Gasteiger partial charge >= 0.3 is 5.97 Å². The van der Waals surface area contributed by atoms with E-state index in [2.05, 4.69) is 68.1 Å². The van der Waals surface area contributed by atoms with E-state index in [4.69, 9.17) is 63.1 Å². The van der Waals surface area contributed by atoms with Crippen LogP contribution in [0, 0.1) is 5.92 Å². The number of primary amides is 2. The first kappa shape index (κ1) is 94.7. The van der Waals surface area contributed by atoms with Crippen molar-refractivity contribution in [2.75, 3.05) is 45.9 Å². The molecule has 42 nitrogen and oxygen atoms in total. The normalized spacial score (nSPS) is 15.3. The summed E-state index contributed by atoms with van der Waals surface area (Å²) in [4.78, 5) is 208. The lowest BCUT2D eigenvalue weighted by atomic mass is 10.0. The Morgan fingerprint density at radius 3 is 1.35 bits per heavy atom. The van der Waals surface area contributed by atoms with E-state index in [-0.39, 0.29) is 133 Å². The van der Waals surface area contributed by atoms with Gasteiger partial charge in [0.2, 0.25) is 76.8 Å². The lowest BCUT2D eigenvalue weighted by Crippen LogP contribution is -2.61. The Bertz CT molecular complexity index is 3540. The number of guanidine groups is 3. The molecule has 0 saturated carbocycles. The van der Waals surface area contributed by atoms with Crippen molar-refractivity contribution in [2.24, 2.45) is 84.0 Å². The average molecular weight is 1580 g/mol. The third kappa shape index (κ3) is 35.4. The number of hydrogen-bond acceptors (Lipinski definition) is 22. The highest BCUT2D eigenvalue weighted by Crippen LogP contribution is 2.22. The molecule has 0 unspecified atom stereocenters. The Balaban J connectivity index is 2.03. The van der Waals surface area contributed by atoms with Gasteiger partial charge in [0.25, 0.3) is 0 Å². The fourth-order valence-corrected chi connectivity index (χ4v) is 11.7. The number of aliphatic carboxylic acids is 1. The maximum atomic E-state index is 14.8. The van der Waals surface area contributed by atoms with Gasteiger partial charge in [-0.3, -0.25) is 77.3 Å². The monoisotopic (exact) mass is 1580 g/mol. The van der Waals surface area contributed by atoms with Crippen molar-refractivity contribution in [3.8, 4) is 5.75 Å². The summed E-state index contributed by atoms with van der Waals surface area (Å²) in [6, 6.07) is -4.70. The number of aliphatic imine (C=N–C) groups is 3. The van der Waals surface area contributed by atoms with E-state index < -0.39 is 193 Å².